The van der Waals surface area contributed by atoms with Gasteiger partial charge in [0.1, 0.15) is 0 Å². The minimum atomic E-state index is -0.835. The highest BCUT2D eigenvalue weighted by Gasteiger charge is 2.27. The van der Waals surface area contributed by atoms with Crippen molar-refractivity contribution in [1.29, 1.82) is 0 Å². The van der Waals surface area contributed by atoms with Gasteiger partial charge in [-0.25, -0.2) is 0 Å². The number of nitrogens with zero attached hydrogens (tertiary/aromatic N) is 1. The summed E-state index contributed by atoms with van der Waals surface area (Å²) in [6.45, 7) is 4.98. The second-order valence-corrected chi connectivity index (χ2v) is 12.8. The third kappa shape index (κ3) is 29.9. The second-order valence-electron chi connectivity index (χ2n) is 12.8. The zero-order valence-corrected chi connectivity index (χ0v) is 27.9. The van der Waals surface area contributed by atoms with Gasteiger partial charge in [0.15, 0.2) is 0 Å². The van der Waals surface area contributed by atoms with Crippen molar-refractivity contribution in [2.45, 2.75) is 174 Å². The van der Waals surface area contributed by atoms with Crippen molar-refractivity contribution < 1.29 is 34.2 Å². The maximum absolute atomic E-state index is 11.1. The van der Waals surface area contributed by atoms with Crippen molar-refractivity contribution in [2.75, 3.05) is 26.2 Å². The van der Waals surface area contributed by atoms with Crippen LogP contribution in [0, 0.1) is 0 Å². The summed E-state index contributed by atoms with van der Waals surface area (Å²) in [5.74, 6) is -2.50. The Labute approximate surface area is 264 Å². The first-order valence-corrected chi connectivity index (χ1v) is 18.0. The van der Waals surface area contributed by atoms with Gasteiger partial charge in [0.05, 0.1) is 45.4 Å². The van der Waals surface area contributed by atoms with Gasteiger partial charge in [0.2, 0.25) is 0 Å². The van der Waals surface area contributed by atoms with Crippen LogP contribution >= 0.6 is 0 Å². The predicted octanol–water partition coefficient (Wildman–Crippen LogP) is 9.78. The molecule has 0 spiro atoms. The third-order valence-electron chi connectivity index (χ3n) is 8.73. The predicted molar refractivity (Wildman–Crippen MR) is 177 cm³/mol. The van der Waals surface area contributed by atoms with E-state index in [2.05, 4.69) is 19.1 Å². The number of hydrogen-bond donors (Lipinski definition) is 3. The lowest BCUT2D eigenvalue weighted by Crippen LogP contribution is -2.51. The van der Waals surface area contributed by atoms with Gasteiger partial charge >= 0.3 is 17.9 Å². The molecule has 0 unspecified atom stereocenters. The smallest absolute Gasteiger partial charge is 0.303 e. The van der Waals surface area contributed by atoms with Crippen molar-refractivity contribution in [3.05, 3.63) is 12.2 Å². The Hall–Kier alpha value is -1.89. The molecule has 0 rings (SSSR count). The summed E-state index contributed by atoms with van der Waals surface area (Å²) in [6, 6.07) is 0. The van der Waals surface area contributed by atoms with Crippen molar-refractivity contribution in [3.63, 3.8) is 0 Å². The molecular formula is C36H68NO6+. The van der Waals surface area contributed by atoms with Gasteiger partial charge in [-0.1, -0.05) is 128 Å². The van der Waals surface area contributed by atoms with E-state index in [1.165, 1.54) is 116 Å². The molecule has 0 aromatic heterocycles. The molecular weight excluding hydrogens is 542 g/mol. The fourth-order valence-corrected chi connectivity index (χ4v) is 6.12. The molecule has 0 saturated carbocycles. The minimum Gasteiger partial charge on any atom is -0.481 e. The maximum Gasteiger partial charge on any atom is 0.303 e. The van der Waals surface area contributed by atoms with Crippen molar-refractivity contribution in [3.8, 4) is 0 Å². The summed E-state index contributed by atoms with van der Waals surface area (Å²) in [5.41, 5.74) is 0. The summed E-state index contributed by atoms with van der Waals surface area (Å²) in [4.78, 5) is 33.2. The van der Waals surface area contributed by atoms with Gasteiger partial charge in [-0.15, -0.1) is 0 Å². The van der Waals surface area contributed by atoms with Crippen LogP contribution in [0.3, 0.4) is 0 Å². The van der Waals surface area contributed by atoms with E-state index in [1.807, 2.05) is 0 Å². The standard InChI is InChI=1S/C36H67NO6/c1-2-3-4-5-6-7-8-9-10-11-12-13-14-15-16-17-18-19-20-21-22-23-30-37(31-24-27-34(38)39,32-25-28-35(40)41)33-26-29-36(42)43/h21-22H,2-20,23-33H2,1H3,(H2-,38,39,40,41,42,43)/p+1/b22-21+. The highest BCUT2D eigenvalue weighted by atomic mass is 16.4. The van der Waals surface area contributed by atoms with Crippen LogP contribution in [-0.2, 0) is 14.4 Å². The van der Waals surface area contributed by atoms with E-state index in [9.17, 15) is 14.4 Å². The van der Waals surface area contributed by atoms with Gasteiger partial charge < -0.3 is 19.8 Å². The number of unbranched alkanes of at least 4 members (excludes halogenated alkanes) is 18. The van der Waals surface area contributed by atoms with Crippen LogP contribution in [0.15, 0.2) is 12.2 Å². The minimum absolute atomic E-state index is 0.0764. The second kappa shape index (κ2) is 30.1. The van der Waals surface area contributed by atoms with Crippen LogP contribution in [0.2, 0.25) is 0 Å². The molecule has 7 heteroatoms. The van der Waals surface area contributed by atoms with Crippen molar-refractivity contribution >= 4 is 17.9 Å². The van der Waals surface area contributed by atoms with E-state index >= 15 is 0 Å². The van der Waals surface area contributed by atoms with Crippen LogP contribution in [0.1, 0.15) is 174 Å². The van der Waals surface area contributed by atoms with Crippen molar-refractivity contribution in [1.82, 2.24) is 0 Å². The molecule has 0 fully saturated rings. The highest BCUT2D eigenvalue weighted by Crippen LogP contribution is 2.18. The monoisotopic (exact) mass is 611 g/mol. The van der Waals surface area contributed by atoms with Crippen LogP contribution < -0.4 is 0 Å². The molecule has 3 N–H and O–H groups in total. The van der Waals surface area contributed by atoms with Gasteiger partial charge in [-0.2, -0.15) is 0 Å². The Morgan fingerprint density at radius 1 is 0.419 bits per heavy atom. The Morgan fingerprint density at radius 2 is 0.721 bits per heavy atom. The number of carbonyl (C=O) groups is 3. The van der Waals surface area contributed by atoms with E-state index in [0.717, 1.165) is 19.4 Å². The first-order valence-electron chi connectivity index (χ1n) is 18.0. The quantitative estimate of drug-likeness (QED) is 0.0380. The molecule has 0 heterocycles. The lowest BCUT2D eigenvalue weighted by molar-refractivity contribution is -0.928. The van der Waals surface area contributed by atoms with Crippen LogP contribution in [0.25, 0.3) is 0 Å². The summed E-state index contributed by atoms with van der Waals surface area (Å²) in [6.07, 6.45) is 32.9. The molecule has 0 aliphatic rings. The lowest BCUT2D eigenvalue weighted by atomic mass is 10.0. The Morgan fingerprint density at radius 3 is 1.05 bits per heavy atom. The van der Waals surface area contributed by atoms with Crippen LogP contribution in [0.4, 0.5) is 0 Å². The molecule has 0 atom stereocenters. The average Bonchev–Trinajstić information content (AvgIpc) is 2.95. The normalized spacial score (nSPS) is 11.8. The molecule has 43 heavy (non-hydrogen) atoms. The fraction of sp³-hybridized carbons (Fsp3) is 0.861. The number of rotatable bonds is 34. The van der Waals surface area contributed by atoms with E-state index in [1.54, 1.807) is 0 Å². The maximum atomic E-state index is 11.1. The zero-order chi connectivity index (χ0) is 31.9. The van der Waals surface area contributed by atoms with Crippen molar-refractivity contribution in [2.24, 2.45) is 0 Å². The summed E-state index contributed by atoms with van der Waals surface area (Å²) >= 11 is 0. The largest absolute Gasteiger partial charge is 0.481 e. The Balaban J connectivity index is 4.05. The molecule has 0 amide bonds. The molecule has 0 aromatic rings. The molecule has 252 valence electrons. The summed E-state index contributed by atoms with van der Waals surface area (Å²) < 4.78 is 0.595. The Kier molecular flexibility index (Phi) is 28.8. The number of carboxylic acid groups (broad SMARTS) is 3. The van der Waals surface area contributed by atoms with E-state index < -0.39 is 17.9 Å². The molecule has 0 saturated heterocycles. The van der Waals surface area contributed by atoms with E-state index in [4.69, 9.17) is 15.3 Å². The molecule has 0 bridgehead atoms. The first-order chi connectivity index (χ1) is 20.8. The third-order valence-corrected chi connectivity index (χ3v) is 8.73. The summed E-state index contributed by atoms with van der Waals surface area (Å²) in [5, 5.41) is 27.3. The Bertz CT molecular complexity index is 658. The molecule has 0 aliphatic heterocycles. The van der Waals surface area contributed by atoms with Gasteiger partial charge in [0.25, 0.3) is 0 Å². The van der Waals surface area contributed by atoms with Gasteiger partial charge in [-0.3, -0.25) is 14.4 Å². The fourth-order valence-electron chi connectivity index (χ4n) is 6.12. The lowest BCUT2D eigenvalue weighted by Gasteiger charge is -2.39. The molecule has 7 nitrogen and oxygen atoms in total. The number of quaternary nitrogens is 1. The van der Waals surface area contributed by atoms with E-state index in [-0.39, 0.29) is 19.3 Å². The van der Waals surface area contributed by atoms with Crippen LogP contribution in [-0.4, -0.2) is 63.9 Å². The average molecular weight is 611 g/mol. The van der Waals surface area contributed by atoms with Crippen LogP contribution in [0.5, 0.6) is 0 Å². The molecule has 0 aliphatic carbocycles. The SMILES string of the molecule is CCCCCCCCCCCCCCCCCCCC/C=C/CC[N+](CCCC(=O)O)(CCCC(=O)O)CCCC(=O)O. The molecule has 0 radical (unpaired) electrons. The number of hydrogen-bond acceptors (Lipinski definition) is 3. The van der Waals surface area contributed by atoms with Gasteiger partial charge in [0, 0.05) is 25.7 Å². The van der Waals surface area contributed by atoms with E-state index in [0.29, 0.717) is 43.4 Å². The number of carboxylic acids is 3. The number of allylic oxidation sites excluding steroid dienone is 1. The first kappa shape index (κ1) is 41.1. The topological polar surface area (TPSA) is 112 Å². The summed E-state index contributed by atoms with van der Waals surface area (Å²) in [7, 11) is 0. The van der Waals surface area contributed by atoms with Gasteiger partial charge in [-0.05, 0) is 12.8 Å². The zero-order valence-electron chi connectivity index (χ0n) is 27.9. The molecule has 0 aromatic carbocycles. The number of aliphatic carboxylic acids is 3. The highest BCUT2D eigenvalue weighted by molar-refractivity contribution is 5.67.